The summed E-state index contributed by atoms with van der Waals surface area (Å²) in [4.78, 5) is 4.42. The molecule has 7 heteroatoms. The van der Waals surface area contributed by atoms with Gasteiger partial charge in [-0.2, -0.15) is 16.7 Å². The molecule has 1 N–H and O–H groups in total. The normalized spacial score (nSPS) is 21.9. The third kappa shape index (κ3) is 3.07. The van der Waals surface area contributed by atoms with Gasteiger partial charge in [0.15, 0.2) is 5.82 Å². The van der Waals surface area contributed by atoms with Crippen molar-refractivity contribution in [2.45, 2.75) is 18.4 Å². The molecule has 0 amide bonds. The highest BCUT2D eigenvalue weighted by Gasteiger charge is 2.32. The molecule has 3 rings (SSSR count). The molecule has 1 aromatic carbocycles. The summed E-state index contributed by atoms with van der Waals surface area (Å²) in [6.45, 7) is 0. The second-order valence-corrected chi connectivity index (χ2v) is 6.46. The highest BCUT2D eigenvalue weighted by Crippen LogP contribution is 2.32. The summed E-state index contributed by atoms with van der Waals surface area (Å²) in [6, 6.07) is 5.26. The van der Waals surface area contributed by atoms with E-state index in [0.717, 1.165) is 11.5 Å². The van der Waals surface area contributed by atoms with E-state index in [1.54, 1.807) is 12.1 Å². The molecule has 2 unspecified atom stereocenters. The molecule has 2 heterocycles. The Labute approximate surface area is 131 Å². The lowest BCUT2D eigenvalue weighted by molar-refractivity contribution is 0.340. The Balaban J connectivity index is 1.77. The van der Waals surface area contributed by atoms with Gasteiger partial charge in [-0.3, -0.25) is 0 Å². The first-order valence-electron chi connectivity index (χ1n) is 6.69. The van der Waals surface area contributed by atoms with Crippen LogP contribution >= 0.6 is 23.4 Å². The maximum absolute atomic E-state index is 13.9. The van der Waals surface area contributed by atoms with Crippen LogP contribution in [-0.4, -0.2) is 34.7 Å². The summed E-state index contributed by atoms with van der Waals surface area (Å²) < 4.78 is 19.2. The summed E-state index contributed by atoms with van der Waals surface area (Å²) in [7, 11) is 1.93. The minimum Gasteiger partial charge on any atom is -0.339 e. The summed E-state index contributed by atoms with van der Waals surface area (Å²) in [5.41, 5.74) is 0.473. The molecule has 1 fully saturated rings. The van der Waals surface area contributed by atoms with Crippen molar-refractivity contribution in [3.05, 3.63) is 46.3 Å². The second-order valence-electron chi connectivity index (χ2n) is 4.98. The fourth-order valence-corrected chi connectivity index (χ4v) is 4.04. The van der Waals surface area contributed by atoms with Crippen LogP contribution in [-0.2, 0) is 6.42 Å². The van der Waals surface area contributed by atoms with E-state index in [2.05, 4.69) is 15.5 Å². The Morgan fingerprint density at radius 1 is 1.48 bits per heavy atom. The minimum atomic E-state index is -0.421. The van der Waals surface area contributed by atoms with Crippen molar-refractivity contribution in [2.24, 2.45) is 0 Å². The predicted molar refractivity (Wildman–Crippen MR) is 81.4 cm³/mol. The Morgan fingerprint density at radius 3 is 3.14 bits per heavy atom. The number of thioether (sulfide) groups is 1. The van der Waals surface area contributed by atoms with Crippen molar-refractivity contribution in [3.63, 3.8) is 0 Å². The minimum absolute atomic E-state index is 0.110. The molecule has 4 nitrogen and oxygen atoms in total. The van der Waals surface area contributed by atoms with E-state index < -0.39 is 5.82 Å². The number of likely N-dealkylation sites (N-methyl/N-ethyl adjacent to an activating group) is 1. The van der Waals surface area contributed by atoms with Gasteiger partial charge in [0.1, 0.15) is 5.82 Å². The maximum Gasteiger partial charge on any atom is 0.232 e. The molecule has 0 spiro atoms. The van der Waals surface area contributed by atoms with Gasteiger partial charge in [-0.25, -0.2) is 4.39 Å². The first-order valence-corrected chi connectivity index (χ1v) is 8.22. The quantitative estimate of drug-likeness (QED) is 0.935. The molecule has 0 saturated carbocycles. The molecule has 1 aliphatic rings. The second kappa shape index (κ2) is 6.34. The van der Waals surface area contributed by atoms with Crippen LogP contribution in [0.1, 0.15) is 23.2 Å². The van der Waals surface area contributed by atoms with E-state index in [1.165, 1.54) is 6.07 Å². The first kappa shape index (κ1) is 14.8. The molecule has 1 aliphatic heterocycles. The fourth-order valence-electron chi connectivity index (χ4n) is 2.43. The molecule has 21 heavy (non-hydrogen) atoms. The van der Waals surface area contributed by atoms with Gasteiger partial charge in [0.2, 0.25) is 5.89 Å². The van der Waals surface area contributed by atoms with Crippen molar-refractivity contribution in [1.82, 2.24) is 15.5 Å². The zero-order chi connectivity index (χ0) is 14.8. The molecule has 1 saturated heterocycles. The zero-order valence-electron chi connectivity index (χ0n) is 11.5. The highest BCUT2D eigenvalue weighted by molar-refractivity contribution is 7.99. The average Bonchev–Trinajstić information content (AvgIpc) is 3.12. The Morgan fingerprint density at radius 2 is 2.33 bits per heavy atom. The Kier molecular flexibility index (Phi) is 4.47. The van der Waals surface area contributed by atoms with Gasteiger partial charge in [-0.05, 0) is 18.7 Å². The number of nitrogens with zero attached hydrogens (tertiary/aromatic N) is 2. The van der Waals surface area contributed by atoms with E-state index in [1.807, 2.05) is 18.8 Å². The van der Waals surface area contributed by atoms with E-state index >= 15 is 0 Å². The third-order valence-electron chi connectivity index (χ3n) is 3.63. The fraction of sp³-hybridized carbons (Fsp3) is 0.429. The molecule has 112 valence electrons. The number of hydrogen-bond acceptors (Lipinski definition) is 5. The predicted octanol–water partition coefficient (Wildman–Crippen LogP) is 2.87. The van der Waals surface area contributed by atoms with Gasteiger partial charge in [-0.15, -0.1) is 0 Å². The van der Waals surface area contributed by atoms with Crippen LogP contribution in [0.25, 0.3) is 0 Å². The number of benzene rings is 1. The first-order chi connectivity index (χ1) is 10.2. The monoisotopic (exact) mass is 327 g/mol. The molecule has 0 radical (unpaired) electrons. The maximum atomic E-state index is 13.9. The van der Waals surface area contributed by atoms with Gasteiger partial charge >= 0.3 is 0 Å². The van der Waals surface area contributed by atoms with Gasteiger partial charge in [0.05, 0.1) is 10.9 Å². The van der Waals surface area contributed by atoms with Gasteiger partial charge in [0.25, 0.3) is 0 Å². The molecular formula is C14H15ClFN3OS. The van der Waals surface area contributed by atoms with Crippen LogP contribution in [0, 0.1) is 5.82 Å². The average molecular weight is 328 g/mol. The standard InChI is InChI=1S/C14H15ClFN3OS/c1-17-11-7-21-6-9(11)14-18-12(19-20-14)5-8-3-2-4-10(15)13(8)16/h2-4,9,11,17H,5-7H2,1H3. The number of nitrogens with one attached hydrogen (secondary N) is 1. The van der Waals surface area contributed by atoms with Crippen LogP contribution in [0.4, 0.5) is 4.39 Å². The third-order valence-corrected chi connectivity index (χ3v) is 5.11. The van der Waals surface area contributed by atoms with Gasteiger partial charge < -0.3 is 9.84 Å². The van der Waals surface area contributed by atoms with E-state index in [0.29, 0.717) is 23.3 Å². The van der Waals surface area contributed by atoms with Crippen LogP contribution in [0.15, 0.2) is 22.7 Å². The lowest BCUT2D eigenvalue weighted by atomic mass is 10.0. The van der Waals surface area contributed by atoms with Crippen molar-refractivity contribution >= 4 is 23.4 Å². The van der Waals surface area contributed by atoms with E-state index in [-0.39, 0.29) is 17.4 Å². The van der Waals surface area contributed by atoms with Crippen LogP contribution in [0.5, 0.6) is 0 Å². The summed E-state index contributed by atoms with van der Waals surface area (Å²) in [6.07, 6.45) is 0.278. The largest absolute Gasteiger partial charge is 0.339 e. The molecule has 2 atom stereocenters. The lowest BCUT2D eigenvalue weighted by Gasteiger charge is -2.13. The molecular weight excluding hydrogens is 313 g/mol. The number of aromatic nitrogens is 2. The molecule has 0 aliphatic carbocycles. The Hall–Kier alpha value is -1.11. The zero-order valence-corrected chi connectivity index (χ0v) is 13.0. The van der Waals surface area contributed by atoms with E-state index in [9.17, 15) is 4.39 Å². The molecule has 1 aromatic heterocycles. The highest BCUT2D eigenvalue weighted by atomic mass is 35.5. The van der Waals surface area contributed by atoms with Crippen molar-refractivity contribution in [3.8, 4) is 0 Å². The molecule has 2 aromatic rings. The van der Waals surface area contributed by atoms with Gasteiger partial charge in [-0.1, -0.05) is 28.9 Å². The van der Waals surface area contributed by atoms with E-state index in [4.69, 9.17) is 16.1 Å². The Bertz CT molecular complexity index is 636. The molecule has 0 bridgehead atoms. The summed E-state index contributed by atoms with van der Waals surface area (Å²) in [5.74, 6) is 2.88. The van der Waals surface area contributed by atoms with Gasteiger partial charge in [0, 0.05) is 24.0 Å². The van der Waals surface area contributed by atoms with Crippen molar-refractivity contribution in [1.29, 1.82) is 0 Å². The number of rotatable bonds is 4. The summed E-state index contributed by atoms with van der Waals surface area (Å²) in [5, 5.41) is 7.33. The number of hydrogen-bond donors (Lipinski definition) is 1. The smallest absolute Gasteiger partial charge is 0.232 e. The summed E-state index contributed by atoms with van der Waals surface area (Å²) >= 11 is 7.64. The van der Waals surface area contributed by atoms with Crippen molar-refractivity contribution < 1.29 is 8.91 Å². The van der Waals surface area contributed by atoms with Crippen molar-refractivity contribution in [2.75, 3.05) is 18.6 Å². The lowest BCUT2D eigenvalue weighted by Crippen LogP contribution is -2.31. The SMILES string of the molecule is CNC1CSCC1c1nc(Cc2cccc(Cl)c2F)no1. The number of halogens is 2. The van der Waals surface area contributed by atoms with Crippen LogP contribution < -0.4 is 5.32 Å². The van der Waals surface area contributed by atoms with Crippen LogP contribution in [0.3, 0.4) is 0 Å². The van der Waals surface area contributed by atoms with Crippen LogP contribution in [0.2, 0.25) is 5.02 Å². The topological polar surface area (TPSA) is 51.0 Å².